The van der Waals surface area contributed by atoms with E-state index in [2.05, 4.69) is 20.8 Å². The fourth-order valence-corrected chi connectivity index (χ4v) is 4.90. The van der Waals surface area contributed by atoms with E-state index in [1.807, 2.05) is 18.2 Å². The zero-order valence-electron chi connectivity index (χ0n) is 19.9. The number of halogens is 4. The van der Waals surface area contributed by atoms with Crippen molar-refractivity contribution in [1.82, 2.24) is 4.90 Å². The van der Waals surface area contributed by atoms with Gasteiger partial charge in [0.15, 0.2) is 5.60 Å². The molecule has 1 fully saturated rings. The lowest BCUT2D eigenvalue weighted by Gasteiger charge is -2.38. The average molecular weight is 557 g/mol. The number of phenols is 1. The second kappa shape index (κ2) is 10.9. The van der Waals surface area contributed by atoms with E-state index in [1.165, 1.54) is 12.1 Å². The van der Waals surface area contributed by atoms with E-state index in [4.69, 9.17) is 10.5 Å². The SMILES string of the molecule is CC(C)(CC(O)(C/C(N)=C/c1cccc(CN2CCOCC2)c1)C(F)(F)F)c1cc(Br)ccc1O. The first kappa shape index (κ1) is 27.5. The molecule has 1 saturated heterocycles. The summed E-state index contributed by atoms with van der Waals surface area (Å²) in [5, 5.41) is 21.1. The van der Waals surface area contributed by atoms with Crippen molar-refractivity contribution < 1.29 is 28.1 Å². The smallest absolute Gasteiger partial charge is 0.417 e. The number of benzene rings is 2. The fourth-order valence-electron chi connectivity index (χ4n) is 4.54. The van der Waals surface area contributed by atoms with Crippen LogP contribution in [0.3, 0.4) is 0 Å². The molecule has 0 radical (unpaired) electrons. The Labute approximate surface area is 212 Å². The van der Waals surface area contributed by atoms with Gasteiger partial charge in [-0.3, -0.25) is 4.90 Å². The maximum absolute atomic E-state index is 14.1. The highest BCUT2D eigenvalue weighted by Crippen LogP contribution is 2.46. The Morgan fingerprint density at radius 3 is 2.49 bits per heavy atom. The molecule has 3 rings (SSSR count). The summed E-state index contributed by atoms with van der Waals surface area (Å²) in [5.41, 5.74) is 3.67. The lowest BCUT2D eigenvalue weighted by molar-refractivity contribution is -0.266. The number of hydrogen-bond donors (Lipinski definition) is 3. The minimum Gasteiger partial charge on any atom is -0.508 e. The predicted octanol–water partition coefficient (Wildman–Crippen LogP) is 5.34. The van der Waals surface area contributed by atoms with Gasteiger partial charge in [0.2, 0.25) is 0 Å². The van der Waals surface area contributed by atoms with Crippen molar-refractivity contribution >= 4 is 22.0 Å². The van der Waals surface area contributed by atoms with Crippen LogP contribution in [-0.4, -0.2) is 53.2 Å². The summed E-state index contributed by atoms with van der Waals surface area (Å²) >= 11 is 3.29. The average Bonchev–Trinajstić information content (AvgIpc) is 2.75. The van der Waals surface area contributed by atoms with Crippen molar-refractivity contribution in [2.45, 2.75) is 50.4 Å². The Kier molecular flexibility index (Phi) is 8.57. The van der Waals surface area contributed by atoms with Crippen molar-refractivity contribution in [3.63, 3.8) is 0 Å². The zero-order chi connectivity index (χ0) is 25.9. The molecule has 1 atom stereocenters. The minimum atomic E-state index is -4.93. The summed E-state index contributed by atoms with van der Waals surface area (Å²) in [4.78, 5) is 2.25. The molecular formula is C26H32BrF3N2O3. The third-order valence-electron chi connectivity index (χ3n) is 6.26. The van der Waals surface area contributed by atoms with E-state index in [0.717, 1.165) is 18.7 Å². The zero-order valence-corrected chi connectivity index (χ0v) is 21.5. The molecule has 0 saturated carbocycles. The van der Waals surface area contributed by atoms with E-state index in [1.54, 1.807) is 32.0 Å². The normalized spacial score (nSPS) is 17.9. The number of morpholine rings is 1. The van der Waals surface area contributed by atoms with Gasteiger partial charge in [-0.05, 0) is 47.2 Å². The van der Waals surface area contributed by atoms with Crippen LogP contribution in [0.2, 0.25) is 0 Å². The standard InChI is InChI=1S/C26H32BrF3N2O3/c1-24(2,22-14-20(27)6-7-23(22)33)17-25(34,26(28,29)30)15-21(31)13-18-4-3-5-19(12-18)16-32-8-10-35-11-9-32/h3-7,12-14,33-34H,8-11,15-17,31H2,1-2H3/b21-13-. The highest BCUT2D eigenvalue weighted by atomic mass is 79.9. The molecule has 1 aliphatic heterocycles. The largest absolute Gasteiger partial charge is 0.508 e. The van der Waals surface area contributed by atoms with Crippen LogP contribution < -0.4 is 5.73 Å². The first-order valence-corrected chi connectivity index (χ1v) is 12.2. The molecule has 1 unspecified atom stereocenters. The van der Waals surface area contributed by atoms with Gasteiger partial charge in [-0.2, -0.15) is 13.2 Å². The van der Waals surface area contributed by atoms with Crippen LogP contribution in [0, 0.1) is 0 Å². The molecular weight excluding hydrogens is 525 g/mol. The number of rotatable bonds is 8. The molecule has 0 amide bonds. The number of alkyl halides is 3. The molecule has 1 aliphatic rings. The van der Waals surface area contributed by atoms with Gasteiger partial charge >= 0.3 is 6.18 Å². The second-order valence-corrected chi connectivity index (χ2v) is 10.7. The third kappa shape index (κ3) is 7.22. The summed E-state index contributed by atoms with van der Waals surface area (Å²) < 4.78 is 48.4. The number of nitrogens with zero attached hydrogens (tertiary/aromatic N) is 1. The Morgan fingerprint density at radius 2 is 1.83 bits per heavy atom. The molecule has 0 spiro atoms. The minimum absolute atomic E-state index is 0.0809. The Balaban J connectivity index is 1.81. The summed E-state index contributed by atoms with van der Waals surface area (Å²) in [5.74, 6) is -0.136. The van der Waals surface area contributed by atoms with Gasteiger partial charge in [-0.1, -0.05) is 54.0 Å². The number of hydrogen-bond acceptors (Lipinski definition) is 5. The lowest BCUT2D eigenvalue weighted by atomic mass is 9.73. The van der Waals surface area contributed by atoms with E-state index >= 15 is 0 Å². The molecule has 9 heteroatoms. The summed E-state index contributed by atoms with van der Waals surface area (Å²) in [6.45, 7) is 6.82. The number of aromatic hydroxyl groups is 1. The Bertz CT molecular complexity index is 1050. The van der Waals surface area contributed by atoms with Crippen molar-refractivity contribution in [2.75, 3.05) is 26.3 Å². The van der Waals surface area contributed by atoms with E-state index < -0.39 is 30.0 Å². The molecule has 35 heavy (non-hydrogen) atoms. The topological polar surface area (TPSA) is 79.0 Å². The number of nitrogens with two attached hydrogens (primary N) is 1. The number of aliphatic hydroxyl groups is 1. The van der Waals surface area contributed by atoms with E-state index in [-0.39, 0.29) is 11.4 Å². The number of ether oxygens (including phenoxy) is 1. The van der Waals surface area contributed by atoms with Crippen LogP contribution in [0.5, 0.6) is 5.75 Å². The molecule has 0 bridgehead atoms. The van der Waals surface area contributed by atoms with Gasteiger partial charge in [0.1, 0.15) is 5.75 Å². The predicted molar refractivity (Wildman–Crippen MR) is 134 cm³/mol. The molecule has 0 aromatic heterocycles. The first-order chi connectivity index (χ1) is 16.3. The fraction of sp³-hybridized carbons (Fsp3) is 0.462. The van der Waals surface area contributed by atoms with Crippen LogP contribution in [0.15, 0.2) is 52.6 Å². The van der Waals surface area contributed by atoms with Crippen molar-refractivity contribution in [3.05, 3.63) is 69.3 Å². The molecule has 5 nitrogen and oxygen atoms in total. The van der Waals surface area contributed by atoms with Gasteiger partial charge < -0.3 is 20.7 Å². The van der Waals surface area contributed by atoms with Crippen LogP contribution in [0.4, 0.5) is 13.2 Å². The van der Waals surface area contributed by atoms with Gasteiger partial charge in [0, 0.05) is 41.8 Å². The summed E-state index contributed by atoms with van der Waals surface area (Å²) in [6.07, 6.45) is -4.92. The van der Waals surface area contributed by atoms with Gasteiger partial charge in [0.25, 0.3) is 0 Å². The molecule has 4 N–H and O–H groups in total. The maximum atomic E-state index is 14.1. The highest BCUT2D eigenvalue weighted by molar-refractivity contribution is 9.10. The number of phenolic OH excluding ortho intramolecular Hbond substituents is 1. The second-order valence-electron chi connectivity index (χ2n) is 9.78. The van der Waals surface area contributed by atoms with Gasteiger partial charge in [0.05, 0.1) is 13.2 Å². The molecule has 0 aliphatic carbocycles. The molecule has 2 aromatic carbocycles. The van der Waals surface area contributed by atoms with Crippen molar-refractivity contribution in [3.8, 4) is 5.75 Å². The molecule has 2 aromatic rings. The first-order valence-electron chi connectivity index (χ1n) is 11.4. The van der Waals surface area contributed by atoms with Crippen molar-refractivity contribution in [2.24, 2.45) is 5.73 Å². The van der Waals surface area contributed by atoms with Crippen LogP contribution >= 0.6 is 15.9 Å². The monoisotopic (exact) mass is 556 g/mol. The summed E-state index contributed by atoms with van der Waals surface area (Å²) in [6, 6.07) is 12.0. The van der Waals surface area contributed by atoms with Gasteiger partial charge in [-0.15, -0.1) is 0 Å². The summed E-state index contributed by atoms with van der Waals surface area (Å²) in [7, 11) is 0. The molecule has 1 heterocycles. The lowest BCUT2D eigenvalue weighted by Crippen LogP contribution is -2.49. The van der Waals surface area contributed by atoms with Crippen molar-refractivity contribution in [1.29, 1.82) is 0 Å². The van der Waals surface area contributed by atoms with E-state index in [9.17, 15) is 23.4 Å². The van der Waals surface area contributed by atoms with Crippen LogP contribution in [0.25, 0.3) is 6.08 Å². The molecule has 192 valence electrons. The maximum Gasteiger partial charge on any atom is 0.417 e. The van der Waals surface area contributed by atoms with Crippen LogP contribution in [0.1, 0.15) is 43.4 Å². The highest BCUT2D eigenvalue weighted by Gasteiger charge is 2.56. The quantitative estimate of drug-likeness (QED) is 0.409. The Morgan fingerprint density at radius 1 is 1.14 bits per heavy atom. The Hall–Kier alpha value is -2.07. The van der Waals surface area contributed by atoms with Gasteiger partial charge in [-0.25, -0.2) is 0 Å². The third-order valence-corrected chi connectivity index (χ3v) is 6.75. The van der Waals surface area contributed by atoms with E-state index in [0.29, 0.717) is 35.4 Å². The van der Waals surface area contributed by atoms with Crippen LogP contribution in [-0.2, 0) is 16.7 Å².